The highest BCUT2D eigenvalue weighted by atomic mass is 32.2. The molecular weight excluding hydrogens is 372 g/mol. The van der Waals surface area contributed by atoms with Crippen LogP contribution in [0.3, 0.4) is 0 Å². The largest absolute Gasteiger partial charge is 0.497 e. The molecule has 0 amide bonds. The van der Waals surface area contributed by atoms with E-state index in [1.54, 1.807) is 18.2 Å². The number of hydrogen-bond donors (Lipinski definition) is 1. The third-order valence-corrected chi connectivity index (χ3v) is 7.96. The zero-order chi connectivity index (χ0) is 18.0. The molecule has 0 spiro atoms. The van der Waals surface area contributed by atoms with Crippen molar-refractivity contribution in [3.63, 3.8) is 0 Å². The van der Waals surface area contributed by atoms with Gasteiger partial charge in [0.2, 0.25) is 10.0 Å². The van der Waals surface area contributed by atoms with Gasteiger partial charge >= 0.3 is 0 Å². The van der Waals surface area contributed by atoms with Crippen LogP contribution in [0, 0.1) is 0 Å². The van der Waals surface area contributed by atoms with Gasteiger partial charge in [-0.25, -0.2) is 25.9 Å². The van der Waals surface area contributed by atoms with E-state index < -0.39 is 20.0 Å². The van der Waals surface area contributed by atoms with E-state index in [0.29, 0.717) is 10.6 Å². The molecule has 7 nitrogen and oxygen atoms in total. The van der Waals surface area contributed by atoms with Gasteiger partial charge in [-0.05, 0) is 36.4 Å². The van der Waals surface area contributed by atoms with Crippen LogP contribution in [-0.4, -0.2) is 42.3 Å². The molecule has 10 heteroatoms. The fourth-order valence-electron chi connectivity index (χ4n) is 1.78. The third kappa shape index (κ3) is 4.14. The Balaban J connectivity index is 2.11. The summed E-state index contributed by atoms with van der Waals surface area (Å²) < 4.78 is 57.2. The van der Waals surface area contributed by atoms with E-state index in [9.17, 15) is 16.8 Å². The highest BCUT2D eigenvalue weighted by Crippen LogP contribution is 2.24. The summed E-state index contributed by atoms with van der Waals surface area (Å²) in [5.74, 6) is 0.561. The van der Waals surface area contributed by atoms with Crippen molar-refractivity contribution in [2.45, 2.75) is 15.6 Å². The Hall–Kier alpha value is -1.46. The van der Waals surface area contributed by atoms with Crippen molar-refractivity contribution in [3.8, 4) is 5.75 Å². The highest BCUT2D eigenvalue weighted by molar-refractivity contribution is 7.91. The van der Waals surface area contributed by atoms with E-state index in [1.165, 1.54) is 39.4 Å². The monoisotopic (exact) mass is 390 g/mol. The highest BCUT2D eigenvalue weighted by Gasteiger charge is 2.20. The molecule has 0 saturated carbocycles. The normalized spacial score (nSPS) is 12.5. The molecule has 24 heavy (non-hydrogen) atoms. The minimum atomic E-state index is -3.68. The predicted molar refractivity (Wildman–Crippen MR) is 92.2 cm³/mol. The summed E-state index contributed by atoms with van der Waals surface area (Å²) in [6.45, 7) is 0.0159. The zero-order valence-electron chi connectivity index (χ0n) is 13.4. The molecule has 1 N–H and O–H groups in total. The van der Waals surface area contributed by atoms with E-state index in [0.717, 1.165) is 15.6 Å². The second kappa shape index (κ2) is 7.19. The summed E-state index contributed by atoms with van der Waals surface area (Å²) in [4.78, 5) is 0.716. The number of thiophene rings is 1. The van der Waals surface area contributed by atoms with Crippen molar-refractivity contribution in [1.29, 1.82) is 0 Å². The van der Waals surface area contributed by atoms with Crippen molar-refractivity contribution < 1.29 is 21.6 Å². The molecule has 0 aliphatic heterocycles. The second-order valence-electron chi connectivity index (χ2n) is 5.01. The van der Waals surface area contributed by atoms with Gasteiger partial charge in [0.15, 0.2) is 0 Å². The van der Waals surface area contributed by atoms with Crippen LogP contribution in [0.15, 0.2) is 45.5 Å². The Morgan fingerprint density at radius 2 is 1.67 bits per heavy atom. The zero-order valence-corrected chi connectivity index (χ0v) is 15.8. The smallest absolute Gasteiger partial charge is 0.252 e. The maximum absolute atomic E-state index is 12.2. The SMILES string of the molecule is COc1ccc(S(=O)(=O)NCc2ccc(S(=O)(=O)N(C)C)s2)cc1. The Morgan fingerprint density at radius 1 is 1.04 bits per heavy atom. The second-order valence-corrected chi connectivity index (χ2v) is 10.3. The van der Waals surface area contributed by atoms with Crippen molar-refractivity contribution >= 4 is 31.4 Å². The average molecular weight is 391 g/mol. The summed E-state index contributed by atoms with van der Waals surface area (Å²) in [6.07, 6.45) is 0. The van der Waals surface area contributed by atoms with Gasteiger partial charge in [-0.2, -0.15) is 0 Å². The predicted octanol–water partition coefficient (Wildman–Crippen LogP) is 1.49. The minimum Gasteiger partial charge on any atom is -0.497 e. The fraction of sp³-hybridized carbons (Fsp3) is 0.286. The topological polar surface area (TPSA) is 92.8 Å². The summed E-state index contributed by atoms with van der Waals surface area (Å²) in [7, 11) is -2.80. The molecule has 2 aromatic rings. The lowest BCUT2D eigenvalue weighted by atomic mass is 10.3. The molecule has 0 atom stereocenters. The van der Waals surface area contributed by atoms with Crippen LogP contribution in [0.1, 0.15) is 4.88 Å². The van der Waals surface area contributed by atoms with Crippen LogP contribution in [0.5, 0.6) is 5.75 Å². The van der Waals surface area contributed by atoms with Gasteiger partial charge in [-0.15, -0.1) is 11.3 Å². The lowest BCUT2D eigenvalue weighted by molar-refractivity contribution is 0.414. The first-order chi connectivity index (χ1) is 11.2. The van der Waals surface area contributed by atoms with Gasteiger partial charge < -0.3 is 4.74 Å². The van der Waals surface area contributed by atoms with E-state index >= 15 is 0 Å². The number of nitrogens with zero attached hydrogens (tertiary/aromatic N) is 1. The molecule has 1 aromatic heterocycles. The molecule has 1 aromatic carbocycles. The Bertz CT molecular complexity index is 900. The Kier molecular flexibility index (Phi) is 5.66. The van der Waals surface area contributed by atoms with Crippen molar-refractivity contribution in [3.05, 3.63) is 41.3 Å². The van der Waals surface area contributed by atoms with Crippen LogP contribution in [-0.2, 0) is 26.6 Å². The molecule has 0 radical (unpaired) electrons. The van der Waals surface area contributed by atoms with E-state index in [2.05, 4.69) is 4.72 Å². The summed E-state index contributed by atoms with van der Waals surface area (Å²) in [6, 6.07) is 9.06. The van der Waals surface area contributed by atoms with Crippen LogP contribution in [0.2, 0.25) is 0 Å². The Morgan fingerprint density at radius 3 is 2.21 bits per heavy atom. The lowest BCUT2D eigenvalue weighted by Gasteiger charge is -2.08. The summed E-state index contributed by atoms with van der Waals surface area (Å²) >= 11 is 1.03. The van der Waals surface area contributed by atoms with Crippen molar-refractivity contribution in [2.75, 3.05) is 21.2 Å². The van der Waals surface area contributed by atoms with Gasteiger partial charge in [0.1, 0.15) is 9.96 Å². The van der Waals surface area contributed by atoms with Gasteiger partial charge in [-0.3, -0.25) is 0 Å². The summed E-state index contributed by atoms with van der Waals surface area (Å²) in [5, 5.41) is 0. The van der Waals surface area contributed by atoms with Gasteiger partial charge in [-0.1, -0.05) is 0 Å². The quantitative estimate of drug-likeness (QED) is 0.773. The third-order valence-electron chi connectivity index (χ3n) is 3.18. The van der Waals surface area contributed by atoms with E-state index in [1.807, 2.05) is 0 Å². The maximum atomic E-state index is 12.2. The number of sulfonamides is 2. The molecule has 0 saturated heterocycles. The van der Waals surface area contributed by atoms with Crippen molar-refractivity contribution in [2.24, 2.45) is 0 Å². The van der Waals surface area contributed by atoms with Gasteiger partial charge in [0.25, 0.3) is 10.0 Å². The molecule has 0 unspecified atom stereocenters. The first kappa shape index (κ1) is 18.9. The van der Waals surface area contributed by atoms with Gasteiger partial charge in [0, 0.05) is 25.5 Å². The van der Waals surface area contributed by atoms with E-state index in [4.69, 9.17) is 4.74 Å². The van der Waals surface area contributed by atoms with Crippen LogP contribution >= 0.6 is 11.3 Å². The molecule has 0 fully saturated rings. The lowest BCUT2D eigenvalue weighted by Crippen LogP contribution is -2.22. The summed E-state index contributed by atoms with van der Waals surface area (Å²) in [5.41, 5.74) is 0. The first-order valence-corrected chi connectivity index (χ1v) is 10.6. The average Bonchev–Trinajstić information content (AvgIpc) is 3.03. The number of rotatable bonds is 7. The van der Waals surface area contributed by atoms with Crippen LogP contribution in [0.4, 0.5) is 0 Å². The molecule has 0 aliphatic carbocycles. The van der Waals surface area contributed by atoms with Gasteiger partial charge in [0.05, 0.1) is 12.0 Å². The Labute approximate surface area is 146 Å². The number of benzene rings is 1. The molecule has 1 heterocycles. The molecular formula is C14H18N2O5S3. The fourth-order valence-corrected chi connectivity index (χ4v) is 5.34. The first-order valence-electron chi connectivity index (χ1n) is 6.82. The molecule has 132 valence electrons. The standard InChI is InChI=1S/C14H18N2O5S3/c1-16(2)24(19,20)14-9-6-12(22-14)10-15-23(17,18)13-7-4-11(21-3)5-8-13/h4-9,15H,10H2,1-3H3. The van der Waals surface area contributed by atoms with Crippen molar-refractivity contribution in [1.82, 2.24) is 9.03 Å². The van der Waals surface area contributed by atoms with Crippen LogP contribution in [0.25, 0.3) is 0 Å². The molecule has 2 rings (SSSR count). The molecule has 0 bridgehead atoms. The number of ether oxygens (including phenoxy) is 1. The number of nitrogens with one attached hydrogen (secondary N) is 1. The number of methoxy groups -OCH3 is 1. The maximum Gasteiger partial charge on any atom is 0.252 e. The minimum absolute atomic E-state index is 0.0159. The number of hydrogen-bond acceptors (Lipinski definition) is 6. The van der Waals surface area contributed by atoms with Crippen LogP contribution < -0.4 is 9.46 Å². The van der Waals surface area contributed by atoms with E-state index in [-0.39, 0.29) is 15.6 Å². The molecule has 0 aliphatic rings.